The van der Waals surface area contributed by atoms with Crippen LogP contribution >= 0.6 is 15.6 Å². The van der Waals surface area contributed by atoms with Gasteiger partial charge in [0.1, 0.15) is 66.6 Å². The SMILES string of the molecule is Nc1ccn([C@@H]2O[C@H](COP(=O)(O)O)[C@@H](OP(=O)(O)OC[C@H]3O[C@@H](n4cnc5c(N)ncnc54)[C@H](O)[C@@H]3OC(=O)[C@@H]3CCN3C(=O)OCc3ccc(NC(=O)Cc4ccc(F)cc4)cc3)[C@H]2O)c(=O)n1. The molecule has 28 nitrogen and oxygen atoms in total. The van der Waals surface area contributed by atoms with Crippen LogP contribution in [0.15, 0.2) is 78.2 Å². The summed E-state index contributed by atoms with van der Waals surface area (Å²) in [6, 6.07) is 11.8. The minimum atomic E-state index is -5.44. The van der Waals surface area contributed by atoms with Gasteiger partial charge in [-0.15, -0.1) is 0 Å². The van der Waals surface area contributed by atoms with Crippen molar-refractivity contribution in [3.63, 3.8) is 0 Å². The third-order valence-electron chi connectivity index (χ3n) is 11.1. The first-order chi connectivity index (χ1) is 33.2. The number of phosphoric acid groups is 2. The molecule has 31 heteroatoms. The van der Waals surface area contributed by atoms with E-state index in [1.807, 2.05) is 0 Å². The molecule has 3 fully saturated rings. The average Bonchev–Trinajstić information content (AvgIpc) is 3.95. The van der Waals surface area contributed by atoms with Gasteiger partial charge in [0.25, 0.3) is 0 Å². The number of likely N-dealkylation sites (tertiary alicyclic amines) is 1. The first-order valence-electron chi connectivity index (χ1n) is 20.8. The van der Waals surface area contributed by atoms with Crippen LogP contribution in [0.2, 0.25) is 0 Å². The number of rotatable bonds is 17. The third kappa shape index (κ3) is 11.5. The Morgan fingerprint density at radius 3 is 2.19 bits per heavy atom. The molecule has 8 rings (SSSR count). The van der Waals surface area contributed by atoms with Crippen LogP contribution in [0.1, 0.15) is 30.0 Å². The second kappa shape index (κ2) is 20.6. The lowest BCUT2D eigenvalue weighted by Crippen LogP contribution is -2.57. The Labute approximate surface area is 392 Å². The number of amides is 2. The number of nitrogens with two attached hydrogens (primary N) is 2. The quantitative estimate of drug-likeness (QED) is 0.0449. The Morgan fingerprint density at radius 1 is 0.857 bits per heavy atom. The van der Waals surface area contributed by atoms with Crippen molar-refractivity contribution < 1.29 is 85.3 Å². The number of nitrogens with zero attached hydrogens (tertiary/aromatic N) is 7. The van der Waals surface area contributed by atoms with E-state index in [0.29, 0.717) is 16.8 Å². The average molecular weight is 1020 g/mol. The Hall–Kier alpha value is -6.33. The zero-order chi connectivity index (χ0) is 50.1. The summed E-state index contributed by atoms with van der Waals surface area (Å²) in [5.41, 5.74) is 12.2. The highest BCUT2D eigenvalue weighted by Crippen LogP contribution is 2.50. The molecular weight excluding hydrogens is 977 g/mol. The molecule has 3 saturated heterocycles. The summed E-state index contributed by atoms with van der Waals surface area (Å²) >= 11 is 0. The number of imidazole rings is 1. The van der Waals surface area contributed by atoms with Crippen LogP contribution in [-0.4, -0.2) is 139 Å². The number of fused-ring (bicyclic) bond motifs is 1. The first-order valence-corrected chi connectivity index (χ1v) is 23.8. The fourth-order valence-electron chi connectivity index (χ4n) is 7.61. The number of ether oxygens (including phenoxy) is 4. The van der Waals surface area contributed by atoms with Gasteiger partial charge in [-0.05, 0) is 47.9 Å². The predicted molar refractivity (Wildman–Crippen MR) is 231 cm³/mol. The van der Waals surface area contributed by atoms with Crippen LogP contribution < -0.4 is 22.5 Å². The number of aliphatic hydroxyl groups is 2. The van der Waals surface area contributed by atoms with Gasteiger partial charge in [-0.25, -0.2) is 42.9 Å². The van der Waals surface area contributed by atoms with Crippen LogP contribution in [0.4, 0.5) is 26.5 Å². The zero-order valence-electron chi connectivity index (χ0n) is 36.0. The van der Waals surface area contributed by atoms with Crippen molar-refractivity contribution in [2.24, 2.45) is 0 Å². The lowest BCUT2D eigenvalue weighted by Gasteiger charge is -2.38. The van der Waals surface area contributed by atoms with Gasteiger partial charge in [-0.1, -0.05) is 24.3 Å². The Morgan fingerprint density at radius 2 is 1.51 bits per heavy atom. The van der Waals surface area contributed by atoms with Crippen LogP contribution in [0.3, 0.4) is 0 Å². The number of carbonyl (C=O) groups is 3. The van der Waals surface area contributed by atoms with Gasteiger partial charge < -0.3 is 60.6 Å². The van der Waals surface area contributed by atoms with E-state index in [4.69, 9.17) is 39.5 Å². The molecule has 0 aliphatic carbocycles. The molecule has 1 unspecified atom stereocenters. The first kappa shape index (κ1) is 50.1. The molecular formula is C39H43FN10O18P2. The van der Waals surface area contributed by atoms with Crippen molar-refractivity contribution in [2.45, 2.75) is 74.6 Å². The number of aromatic nitrogens is 6. The second-order valence-electron chi connectivity index (χ2n) is 15.9. The molecule has 0 radical (unpaired) electrons. The van der Waals surface area contributed by atoms with E-state index in [1.54, 1.807) is 24.3 Å². The lowest BCUT2D eigenvalue weighted by molar-refractivity contribution is -0.166. The molecule has 3 aliphatic rings. The number of halogens is 1. The molecule has 374 valence electrons. The van der Waals surface area contributed by atoms with Crippen LogP contribution in [-0.2, 0) is 64.3 Å². The minimum Gasteiger partial charge on any atom is -0.455 e. The van der Waals surface area contributed by atoms with E-state index in [9.17, 15) is 57.6 Å². The molecule has 0 spiro atoms. The normalized spacial score (nSPS) is 25.3. The number of nitrogen functional groups attached to an aromatic ring is 2. The molecule has 3 aromatic heterocycles. The Bertz CT molecular complexity index is 2890. The molecule has 10 atom stereocenters. The molecule has 2 aromatic carbocycles. The number of esters is 1. The van der Waals surface area contributed by atoms with E-state index < -0.39 is 108 Å². The fourth-order valence-corrected chi connectivity index (χ4v) is 8.92. The molecule has 6 heterocycles. The summed E-state index contributed by atoms with van der Waals surface area (Å²) in [6.07, 6.45) is -11.4. The summed E-state index contributed by atoms with van der Waals surface area (Å²) < 4.78 is 78.0. The highest BCUT2D eigenvalue weighted by Gasteiger charge is 2.53. The van der Waals surface area contributed by atoms with E-state index in [-0.39, 0.29) is 54.7 Å². The Balaban J connectivity index is 0.925. The number of hydrogen-bond donors (Lipinski definition) is 8. The third-order valence-corrected chi connectivity index (χ3v) is 12.6. The van der Waals surface area contributed by atoms with Crippen LogP contribution in [0.5, 0.6) is 0 Å². The number of hydrogen-bond acceptors (Lipinski definition) is 21. The topological polar surface area (TPSA) is 397 Å². The maximum absolute atomic E-state index is 13.7. The van der Waals surface area contributed by atoms with Gasteiger partial charge in [0.05, 0.1) is 26.0 Å². The fraction of sp³-hybridized carbons (Fsp3) is 0.385. The smallest absolute Gasteiger partial charge is 0.455 e. The van der Waals surface area contributed by atoms with E-state index in [2.05, 4.69) is 29.8 Å². The van der Waals surface area contributed by atoms with E-state index in [0.717, 1.165) is 28.1 Å². The van der Waals surface area contributed by atoms with E-state index >= 15 is 0 Å². The predicted octanol–water partition coefficient (Wildman–Crippen LogP) is 0.0189. The summed E-state index contributed by atoms with van der Waals surface area (Å²) in [5.74, 6) is -2.03. The number of nitrogens with one attached hydrogen (secondary N) is 1. The maximum atomic E-state index is 13.7. The van der Waals surface area contributed by atoms with Crippen molar-refractivity contribution in [1.29, 1.82) is 0 Å². The maximum Gasteiger partial charge on any atom is 0.472 e. The zero-order valence-corrected chi connectivity index (χ0v) is 37.8. The number of benzene rings is 2. The van der Waals surface area contributed by atoms with Crippen molar-refractivity contribution >= 4 is 62.1 Å². The molecule has 3 aliphatic heterocycles. The lowest BCUT2D eigenvalue weighted by atomic mass is 10.0. The highest BCUT2D eigenvalue weighted by molar-refractivity contribution is 7.47. The van der Waals surface area contributed by atoms with Crippen molar-refractivity contribution in [3.05, 3.63) is 101 Å². The standard InChI is InChI=1S/C39H43FN10O18P2/c40-21-5-1-19(2-6-21)13-27(51)46-22-7-3-20(4-8-22)14-62-39(56)48-11-9-23(48)37(54)67-31-24(65-36(29(31)52)50-18-45-28-33(42)43-17-44-34(28)50)16-64-70(60,61)68-32-25(15-63-69(57,58)59)66-35(30(32)53)49-12-10-26(41)47-38(49)55/h1-8,10,12,17-18,23-25,29-32,35-36,52-53H,9,11,13-16H2,(H,46,51)(H,60,61)(H2,41,47,55)(H2,42,43,44)(H2,57,58,59)/t23-,24+,25+,29+,30+,31+,32+,35+,36+/m0/s1. The van der Waals surface area contributed by atoms with Crippen LogP contribution in [0.25, 0.3) is 11.2 Å². The van der Waals surface area contributed by atoms with Crippen LogP contribution in [0, 0.1) is 5.82 Å². The summed E-state index contributed by atoms with van der Waals surface area (Å²) in [5, 5.41) is 25.5. The molecule has 0 saturated carbocycles. The highest BCUT2D eigenvalue weighted by atomic mass is 31.2. The van der Waals surface area contributed by atoms with Gasteiger partial charge in [0.2, 0.25) is 5.91 Å². The number of carbonyl (C=O) groups excluding carboxylic acids is 3. The molecule has 70 heavy (non-hydrogen) atoms. The second-order valence-corrected chi connectivity index (χ2v) is 18.5. The largest absolute Gasteiger partial charge is 0.472 e. The molecule has 2 amide bonds. The van der Waals surface area contributed by atoms with Gasteiger partial charge >= 0.3 is 33.4 Å². The van der Waals surface area contributed by atoms with Gasteiger partial charge in [-0.2, -0.15) is 4.98 Å². The van der Waals surface area contributed by atoms with Gasteiger partial charge in [0.15, 0.2) is 30.0 Å². The van der Waals surface area contributed by atoms with Crippen molar-refractivity contribution in [3.8, 4) is 0 Å². The molecule has 10 N–H and O–H groups in total. The summed E-state index contributed by atoms with van der Waals surface area (Å²) in [6.45, 7) is -2.18. The Kier molecular flexibility index (Phi) is 14.7. The van der Waals surface area contributed by atoms with Crippen molar-refractivity contribution in [1.82, 2.24) is 34.0 Å². The monoisotopic (exact) mass is 1020 g/mol. The minimum absolute atomic E-state index is 0.0116. The summed E-state index contributed by atoms with van der Waals surface area (Å²) in [4.78, 5) is 98.3. The van der Waals surface area contributed by atoms with Gasteiger partial charge in [-0.3, -0.25) is 32.4 Å². The van der Waals surface area contributed by atoms with Crippen molar-refractivity contribution in [2.75, 3.05) is 36.5 Å². The van der Waals surface area contributed by atoms with E-state index in [1.165, 1.54) is 35.2 Å². The number of phosphoric ester groups is 2. The molecule has 5 aromatic rings. The summed E-state index contributed by atoms with van der Waals surface area (Å²) in [7, 11) is -10.6. The molecule has 0 bridgehead atoms. The number of aliphatic hydroxyl groups excluding tert-OH is 2. The van der Waals surface area contributed by atoms with Gasteiger partial charge in [0, 0.05) is 18.4 Å². The number of anilines is 3.